The molecule has 1 N–H and O–H groups in total. The Morgan fingerprint density at radius 1 is 1.44 bits per heavy atom. The smallest absolute Gasteiger partial charge is 0.0955 e. The van der Waals surface area contributed by atoms with Crippen molar-refractivity contribution in [3.63, 3.8) is 0 Å². The van der Waals surface area contributed by atoms with Crippen molar-refractivity contribution in [2.75, 3.05) is 6.54 Å². The van der Waals surface area contributed by atoms with Gasteiger partial charge in [-0.15, -0.1) is 0 Å². The number of hydrogen-bond acceptors (Lipinski definition) is 2. The highest BCUT2D eigenvalue weighted by Gasteiger charge is 2.20. The maximum atomic E-state index is 4.55. The van der Waals surface area contributed by atoms with Crippen molar-refractivity contribution < 1.29 is 0 Å². The van der Waals surface area contributed by atoms with Crippen molar-refractivity contribution in [3.05, 3.63) is 52.0 Å². The molecule has 0 aliphatic carbocycles. The molecule has 3 nitrogen and oxygen atoms in total. The van der Waals surface area contributed by atoms with E-state index in [1.807, 2.05) is 12.4 Å². The number of fused-ring (bicyclic) bond motifs is 1. The Labute approximate surface area is 115 Å². The van der Waals surface area contributed by atoms with E-state index in [1.54, 1.807) is 0 Å². The molecule has 18 heavy (non-hydrogen) atoms. The van der Waals surface area contributed by atoms with Crippen molar-refractivity contribution in [1.82, 2.24) is 14.9 Å². The first-order chi connectivity index (χ1) is 8.75. The van der Waals surface area contributed by atoms with Crippen molar-refractivity contribution in [2.45, 2.75) is 25.9 Å². The molecule has 1 atom stereocenters. The van der Waals surface area contributed by atoms with Gasteiger partial charge in [-0.2, -0.15) is 0 Å². The molecule has 1 aromatic heterocycles. The van der Waals surface area contributed by atoms with E-state index < -0.39 is 0 Å². The zero-order valence-electron chi connectivity index (χ0n) is 10.4. The van der Waals surface area contributed by atoms with Gasteiger partial charge in [0.2, 0.25) is 0 Å². The molecule has 1 aliphatic heterocycles. The lowest BCUT2D eigenvalue weighted by Crippen LogP contribution is -2.29. The molecule has 0 bridgehead atoms. The van der Waals surface area contributed by atoms with Crippen LogP contribution in [0.3, 0.4) is 0 Å². The van der Waals surface area contributed by atoms with Gasteiger partial charge in [0, 0.05) is 35.7 Å². The van der Waals surface area contributed by atoms with Crippen LogP contribution in [0.2, 0.25) is 0 Å². The van der Waals surface area contributed by atoms with Crippen molar-refractivity contribution in [1.29, 1.82) is 0 Å². The van der Waals surface area contributed by atoms with Crippen LogP contribution in [0.5, 0.6) is 0 Å². The van der Waals surface area contributed by atoms with E-state index in [0.717, 1.165) is 24.0 Å². The van der Waals surface area contributed by atoms with Gasteiger partial charge in [-0.05, 0) is 18.6 Å². The molecule has 3 rings (SSSR count). The lowest BCUT2D eigenvalue weighted by molar-refractivity contribution is 0.516. The second-order valence-electron chi connectivity index (χ2n) is 4.72. The summed E-state index contributed by atoms with van der Waals surface area (Å²) in [6.45, 7) is 4.10. The van der Waals surface area contributed by atoms with Crippen LogP contribution in [-0.4, -0.2) is 16.1 Å². The van der Waals surface area contributed by atoms with Crippen LogP contribution in [-0.2, 0) is 13.0 Å². The van der Waals surface area contributed by atoms with Gasteiger partial charge >= 0.3 is 0 Å². The number of halogens is 1. The summed E-state index contributed by atoms with van der Waals surface area (Å²) in [5.74, 6) is 0. The van der Waals surface area contributed by atoms with Gasteiger partial charge in [0.25, 0.3) is 0 Å². The molecular weight excluding hydrogens is 290 g/mol. The zero-order chi connectivity index (χ0) is 12.5. The second-order valence-corrected chi connectivity index (χ2v) is 5.58. The highest BCUT2D eigenvalue weighted by Crippen LogP contribution is 2.23. The zero-order valence-corrected chi connectivity index (χ0v) is 11.9. The van der Waals surface area contributed by atoms with E-state index in [2.05, 4.69) is 55.9 Å². The third kappa shape index (κ3) is 2.10. The fraction of sp³-hybridized carbons (Fsp3) is 0.357. The molecule has 1 unspecified atom stereocenters. The largest absolute Gasteiger partial charge is 0.330 e. The normalized spacial score (nSPS) is 18.7. The first kappa shape index (κ1) is 11.9. The molecule has 1 aromatic carbocycles. The first-order valence-electron chi connectivity index (χ1n) is 6.26. The van der Waals surface area contributed by atoms with Crippen LogP contribution in [0.25, 0.3) is 0 Å². The monoisotopic (exact) mass is 305 g/mol. The summed E-state index contributed by atoms with van der Waals surface area (Å²) < 4.78 is 3.43. The minimum Gasteiger partial charge on any atom is -0.330 e. The lowest BCUT2D eigenvalue weighted by atomic mass is 10.1. The highest BCUT2D eigenvalue weighted by molar-refractivity contribution is 9.10. The molecule has 4 heteroatoms. The van der Waals surface area contributed by atoms with E-state index in [0.29, 0.717) is 6.04 Å². The molecule has 0 saturated heterocycles. The van der Waals surface area contributed by atoms with E-state index in [4.69, 9.17) is 0 Å². The van der Waals surface area contributed by atoms with Crippen LogP contribution < -0.4 is 5.32 Å². The number of nitrogens with one attached hydrogen (secondary N) is 1. The number of imidazole rings is 1. The van der Waals surface area contributed by atoms with Gasteiger partial charge in [-0.3, -0.25) is 0 Å². The molecular formula is C14H16BrN3. The standard InChI is InChI=1S/C14H16BrN3/c1-10-14-13(6-7-16-10)18(9-17-14)8-11-4-2-3-5-12(11)15/h2-5,9-10,16H,6-8H2,1H3. The van der Waals surface area contributed by atoms with Gasteiger partial charge in [0.05, 0.1) is 12.0 Å². The molecule has 0 spiro atoms. The van der Waals surface area contributed by atoms with E-state index in [1.165, 1.54) is 17.0 Å². The highest BCUT2D eigenvalue weighted by atomic mass is 79.9. The Morgan fingerprint density at radius 2 is 2.28 bits per heavy atom. The Kier molecular flexibility index (Phi) is 3.22. The Bertz CT molecular complexity index is 562. The fourth-order valence-electron chi connectivity index (χ4n) is 2.51. The summed E-state index contributed by atoms with van der Waals surface area (Å²) in [6.07, 6.45) is 3.03. The minimum absolute atomic E-state index is 0.370. The topological polar surface area (TPSA) is 29.9 Å². The van der Waals surface area contributed by atoms with Gasteiger partial charge in [-0.25, -0.2) is 4.98 Å². The maximum Gasteiger partial charge on any atom is 0.0955 e. The van der Waals surface area contributed by atoms with Gasteiger partial charge < -0.3 is 9.88 Å². The summed E-state index contributed by atoms with van der Waals surface area (Å²) in [6, 6.07) is 8.73. The van der Waals surface area contributed by atoms with Crippen LogP contribution in [0.1, 0.15) is 29.9 Å². The molecule has 0 radical (unpaired) electrons. The predicted molar refractivity (Wildman–Crippen MR) is 75.6 cm³/mol. The van der Waals surface area contributed by atoms with Crippen molar-refractivity contribution in [3.8, 4) is 0 Å². The third-order valence-corrected chi connectivity index (χ3v) is 4.27. The number of benzene rings is 1. The number of rotatable bonds is 2. The summed E-state index contributed by atoms with van der Waals surface area (Å²) in [7, 11) is 0. The molecule has 2 heterocycles. The molecule has 0 amide bonds. The molecule has 94 valence electrons. The SMILES string of the molecule is CC1NCCc2c1ncn2Cc1ccccc1Br. The Balaban J connectivity index is 1.92. The summed E-state index contributed by atoms with van der Waals surface area (Å²) in [5.41, 5.74) is 3.87. The third-order valence-electron chi connectivity index (χ3n) is 3.50. The van der Waals surface area contributed by atoms with Gasteiger partial charge in [-0.1, -0.05) is 34.1 Å². The van der Waals surface area contributed by atoms with E-state index in [9.17, 15) is 0 Å². The van der Waals surface area contributed by atoms with E-state index in [-0.39, 0.29) is 0 Å². The molecule has 1 aliphatic rings. The van der Waals surface area contributed by atoms with Gasteiger partial charge in [0.1, 0.15) is 0 Å². The first-order valence-corrected chi connectivity index (χ1v) is 7.05. The van der Waals surface area contributed by atoms with Crippen LogP contribution in [0, 0.1) is 0 Å². The van der Waals surface area contributed by atoms with Gasteiger partial charge in [0.15, 0.2) is 0 Å². The van der Waals surface area contributed by atoms with Crippen LogP contribution in [0.4, 0.5) is 0 Å². The van der Waals surface area contributed by atoms with Crippen molar-refractivity contribution >= 4 is 15.9 Å². The number of hydrogen-bond donors (Lipinski definition) is 1. The molecule has 2 aromatic rings. The van der Waals surface area contributed by atoms with Crippen molar-refractivity contribution in [2.24, 2.45) is 0 Å². The molecule has 0 saturated carbocycles. The summed E-state index contributed by atoms with van der Waals surface area (Å²) >= 11 is 3.60. The molecule has 0 fully saturated rings. The average molecular weight is 306 g/mol. The Hall–Kier alpha value is -1.13. The quantitative estimate of drug-likeness (QED) is 0.924. The summed E-state index contributed by atoms with van der Waals surface area (Å²) in [4.78, 5) is 4.55. The predicted octanol–water partition coefficient (Wildman–Crippen LogP) is 2.90. The van der Waals surface area contributed by atoms with Crippen LogP contribution >= 0.6 is 15.9 Å². The fourth-order valence-corrected chi connectivity index (χ4v) is 2.92. The number of aromatic nitrogens is 2. The summed E-state index contributed by atoms with van der Waals surface area (Å²) in [5, 5.41) is 3.44. The minimum atomic E-state index is 0.370. The average Bonchev–Trinajstić information content (AvgIpc) is 2.77. The lowest BCUT2D eigenvalue weighted by Gasteiger charge is -2.21. The van der Waals surface area contributed by atoms with Crippen LogP contribution in [0.15, 0.2) is 35.1 Å². The Morgan fingerprint density at radius 3 is 3.11 bits per heavy atom. The number of nitrogens with zero attached hydrogens (tertiary/aromatic N) is 2. The van der Waals surface area contributed by atoms with E-state index >= 15 is 0 Å². The second kappa shape index (κ2) is 4.86. The maximum absolute atomic E-state index is 4.55.